The number of carbonyl (C=O) groups is 1. The van der Waals surface area contributed by atoms with Gasteiger partial charge >= 0.3 is 0 Å². The summed E-state index contributed by atoms with van der Waals surface area (Å²) >= 11 is 1.60. The third kappa shape index (κ3) is 3.39. The lowest BCUT2D eigenvalue weighted by atomic mass is 10.2. The molecular weight excluding hydrogens is 292 g/mol. The Balaban J connectivity index is 1.63. The van der Waals surface area contributed by atoms with Gasteiger partial charge in [-0.3, -0.25) is 9.69 Å². The van der Waals surface area contributed by atoms with Crippen molar-refractivity contribution in [2.45, 2.75) is 13.8 Å². The molecule has 1 fully saturated rings. The molecule has 116 valence electrons. The Kier molecular flexibility index (Phi) is 4.60. The van der Waals surface area contributed by atoms with E-state index in [2.05, 4.69) is 37.0 Å². The number of hydrogen-bond acceptors (Lipinski definition) is 3. The fourth-order valence-corrected chi connectivity index (χ4v) is 3.72. The average molecular weight is 314 g/mol. The number of allylic oxidation sites excluding steroid dienone is 1. The summed E-state index contributed by atoms with van der Waals surface area (Å²) in [7, 11) is 0. The Morgan fingerprint density at radius 1 is 1.18 bits per heavy atom. The molecule has 0 N–H and O–H groups in total. The molecular formula is C18H22N2OS. The van der Waals surface area contributed by atoms with E-state index in [-0.39, 0.29) is 5.91 Å². The second-order valence-corrected chi connectivity index (χ2v) is 7.11. The number of hydrogen-bond donors (Lipinski definition) is 0. The Morgan fingerprint density at radius 3 is 2.59 bits per heavy atom. The summed E-state index contributed by atoms with van der Waals surface area (Å²) in [6.45, 7) is 8.81. The number of fused-ring (bicyclic) bond motifs is 1. The average Bonchev–Trinajstić information content (AvgIpc) is 2.96. The van der Waals surface area contributed by atoms with Crippen LogP contribution in [0.5, 0.6) is 0 Å². The summed E-state index contributed by atoms with van der Waals surface area (Å²) in [5.74, 6) is 0.183. The van der Waals surface area contributed by atoms with Crippen molar-refractivity contribution in [3.8, 4) is 0 Å². The van der Waals surface area contributed by atoms with Crippen LogP contribution in [-0.2, 0) is 0 Å². The fourth-order valence-electron chi connectivity index (χ4n) is 2.69. The third-order valence-electron chi connectivity index (χ3n) is 4.05. The predicted molar refractivity (Wildman–Crippen MR) is 93.6 cm³/mol. The lowest BCUT2D eigenvalue weighted by Gasteiger charge is -2.34. The maximum Gasteiger partial charge on any atom is 0.264 e. The van der Waals surface area contributed by atoms with Crippen molar-refractivity contribution in [1.29, 1.82) is 0 Å². The van der Waals surface area contributed by atoms with E-state index in [0.717, 1.165) is 43.0 Å². The topological polar surface area (TPSA) is 23.6 Å². The van der Waals surface area contributed by atoms with E-state index in [9.17, 15) is 4.79 Å². The third-order valence-corrected chi connectivity index (χ3v) is 5.16. The Bertz CT molecular complexity index is 659. The van der Waals surface area contributed by atoms with Gasteiger partial charge in [-0.25, -0.2) is 0 Å². The molecule has 0 atom stereocenters. The SMILES string of the molecule is CC(C)=CCN1CCN(C(=O)c2cc3ccccc3s2)CC1. The minimum absolute atomic E-state index is 0.183. The number of rotatable bonds is 3. The maximum atomic E-state index is 12.6. The Labute approximate surface area is 135 Å². The number of benzene rings is 1. The van der Waals surface area contributed by atoms with Crippen LogP contribution in [0.15, 0.2) is 42.0 Å². The van der Waals surface area contributed by atoms with Crippen molar-refractivity contribution >= 4 is 27.3 Å². The molecule has 3 nitrogen and oxygen atoms in total. The molecule has 0 saturated carbocycles. The molecule has 2 heterocycles. The van der Waals surface area contributed by atoms with Crippen LogP contribution >= 0.6 is 11.3 Å². The first-order chi connectivity index (χ1) is 10.6. The monoisotopic (exact) mass is 314 g/mol. The van der Waals surface area contributed by atoms with Gasteiger partial charge in [-0.1, -0.05) is 29.8 Å². The quantitative estimate of drug-likeness (QED) is 0.808. The van der Waals surface area contributed by atoms with Crippen LogP contribution in [0.2, 0.25) is 0 Å². The van der Waals surface area contributed by atoms with Gasteiger partial charge in [0.2, 0.25) is 0 Å². The van der Waals surface area contributed by atoms with Gasteiger partial charge in [-0.15, -0.1) is 11.3 Å². The van der Waals surface area contributed by atoms with Crippen LogP contribution in [0.4, 0.5) is 0 Å². The zero-order valence-corrected chi connectivity index (χ0v) is 14.0. The summed E-state index contributed by atoms with van der Waals surface area (Å²) in [5, 5.41) is 1.16. The van der Waals surface area contributed by atoms with Crippen molar-refractivity contribution in [1.82, 2.24) is 9.80 Å². The Morgan fingerprint density at radius 2 is 1.91 bits per heavy atom. The molecule has 2 aromatic rings. The van der Waals surface area contributed by atoms with Crippen LogP contribution in [0, 0.1) is 0 Å². The first-order valence-electron chi connectivity index (χ1n) is 7.77. The molecule has 3 rings (SSSR count). The van der Waals surface area contributed by atoms with E-state index in [1.54, 1.807) is 11.3 Å². The normalized spacial score (nSPS) is 16.0. The molecule has 1 aliphatic rings. The highest BCUT2D eigenvalue weighted by Gasteiger charge is 2.22. The summed E-state index contributed by atoms with van der Waals surface area (Å²) in [4.78, 5) is 17.9. The summed E-state index contributed by atoms with van der Waals surface area (Å²) in [6, 6.07) is 10.2. The Hall–Kier alpha value is -1.65. The first kappa shape index (κ1) is 15.3. The summed E-state index contributed by atoms with van der Waals surface area (Å²) in [5.41, 5.74) is 1.35. The molecule has 0 bridgehead atoms. The standard InChI is InChI=1S/C18H22N2OS/c1-14(2)7-8-19-9-11-20(12-10-19)18(21)17-13-15-5-3-4-6-16(15)22-17/h3-7,13H,8-12H2,1-2H3. The van der Waals surface area contributed by atoms with Crippen LogP contribution in [-0.4, -0.2) is 48.4 Å². The van der Waals surface area contributed by atoms with Crippen LogP contribution in [0.1, 0.15) is 23.5 Å². The van der Waals surface area contributed by atoms with E-state index >= 15 is 0 Å². The van der Waals surface area contributed by atoms with Gasteiger partial charge in [0, 0.05) is 37.4 Å². The van der Waals surface area contributed by atoms with E-state index in [4.69, 9.17) is 0 Å². The van der Waals surface area contributed by atoms with E-state index in [0.29, 0.717) is 0 Å². The minimum Gasteiger partial charge on any atom is -0.335 e. The zero-order chi connectivity index (χ0) is 15.5. The molecule has 1 aliphatic heterocycles. The van der Waals surface area contributed by atoms with Crippen LogP contribution in [0.25, 0.3) is 10.1 Å². The second-order valence-electron chi connectivity index (χ2n) is 6.02. The van der Waals surface area contributed by atoms with Crippen LogP contribution in [0.3, 0.4) is 0 Å². The molecule has 0 aliphatic carbocycles. The molecule has 0 unspecified atom stereocenters. The number of amides is 1. The summed E-state index contributed by atoms with van der Waals surface area (Å²) in [6.07, 6.45) is 2.25. The van der Waals surface area contributed by atoms with E-state index < -0.39 is 0 Å². The molecule has 1 amide bonds. The number of nitrogens with zero attached hydrogens (tertiary/aromatic N) is 2. The molecule has 4 heteroatoms. The number of carbonyl (C=O) groups excluding carboxylic acids is 1. The van der Waals surface area contributed by atoms with Gasteiger partial charge in [0.1, 0.15) is 0 Å². The largest absolute Gasteiger partial charge is 0.335 e. The highest BCUT2D eigenvalue weighted by Crippen LogP contribution is 2.26. The van der Waals surface area contributed by atoms with E-state index in [1.165, 1.54) is 10.3 Å². The van der Waals surface area contributed by atoms with Crippen molar-refractivity contribution in [2.24, 2.45) is 0 Å². The maximum absolute atomic E-state index is 12.6. The molecule has 0 radical (unpaired) electrons. The molecule has 0 spiro atoms. The fraction of sp³-hybridized carbons (Fsp3) is 0.389. The second kappa shape index (κ2) is 6.63. The lowest BCUT2D eigenvalue weighted by Crippen LogP contribution is -2.48. The van der Waals surface area contributed by atoms with Crippen molar-refractivity contribution in [3.05, 3.63) is 46.9 Å². The first-order valence-corrected chi connectivity index (χ1v) is 8.59. The lowest BCUT2D eigenvalue weighted by molar-refractivity contribution is 0.0655. The number of piperazine rings is 1. The van der Waals surface area contributed by atoms with Crippen molar-refractivity contribution in [3.63, 3.8) is 0 Å². The van der Waals surface area contributed by atoms with Crippen LogP contribution < -0.4 is 0 Å². The smallest absolute Gasteiger partial charge is 0.264 e. The molecule has 1 aromatic carbocycles. The zero-order valence-electron chi connectivity index (χ0n) is 13.2. The van der Waals surface area contributed by atoms with Crippen molar-refractivity contribution < 1.29 is 4.79 Å². The highest BCUT2D eigenvalue weighted by atomic mass is 32.1. The van der Waals surface area contributed by atoms with Gasteiger partial charge in [0.05, 0.1) is 4.88 Å². The molecule has 1 saturated heterocycles. The molecule has 22 heavy (non-hydrogen) atoms. The van der Waals surface area contributed by atoms with Gasteiger partial charge in [-0.05, 0) is 31.4 Å². The van der Waals surface area contributed by atoms with Gasteiger partial charge < -0.3 is 4.90 Å². The minimum atomic E-state index is 0.183. The summed E-state index contributed by atoms with van der Waals surface area (Å²) < 4.78 is 1.19. The van der Waals surface area contributed by atoms with Gasteiger partial charge in [0.15, 0.2) is 0 Å². The van der Waals surface area contributed by atoms with Gasteiger partial charge in [0.25, 0.3) is 5.91 Å². The van der Waals surface area contributed by atoms with Crippen molar-refractivity contribution in [2.75, 3.05) is 32.7 Å². The highest BCUT2D eigenvalue weighted by molar-refractivity contribution is 7.20. The predicted octanol–water partition coefficient (Wildman–Crippen LogP) is 3.63. The number of thiophene rings is 1. The molecule has 1 aromatic heterocycles. The van der Waals surface area contributed by atoms with E-state index in [1.807, 2.05) is 23.1 Å². The van der Waals surface area contributed by atoms with Gasteiger partial charge in [-0.2, -0.15) is 0 Å².